The number of halogens is 1. The molecule has 1 spiro atoms. The number of hydrogen-bond donors (Lipinski definition) is 1. The normalized spacial score (nSPS) is 21.7. The van der Waals surface area contributed by atoms with Gasteiger partial charge in [0.05, 0.1) is 16.9 Å². The van der Waals surface area contributed by atoms with Gasteiger partial charge in [0.2, 0.25) is 0 Å². The van der Waals surface area contributed by atoms with Gasteiger partial charge in [-0.2, -0.15) is 0 Å². The van der Waals surface area contributed by atoms with Crippen molar-refractivity contribution in [1.29, 1.82) is 0 Å². The molecule has 14 heavy (non-hydrogen) atoms. The zero-order valence-corrected chi connectivity index (χ0v) is 9.76. The lowest BCUT2D eigenvalue weighted by Crippen LogP contribution is -2.43. The molecular formula is C11H13BrN2. The minimum absolute atomic E-state index is 0.424. The van der Waals surface area contributed by atoms with Crippen molar-refractivity contribution < 1.29 is 0 Å². The first kappa shape index (κ1) is 8.60. The van der Waals surface area contributed by atoms with Crippen molar-refractivity contribution in [3.05, 3.63) is 22.7 Å². The van der Waals surface area contributed by atoms with E-state index in [1.807, 2.05) is 0 Å². The minimum Gasteiger partial charge on any atom is -0.380 e. The van der Waals surface area contributed by atoms with Gasteiger partial charge >= 0.3 is 0 Å². The molecule has 1 fully saturated rings. The molecule has 0 aromatic heterocycles. The van der Waals surface area contributed by atoms with Crippen LogP contribution in [0.25, 0.3) is 0 Å². The Balaban J connectivity index is 2.11. The maximum atomic E-state index is 3.58. The molecule has 1 aliphatic carbocycles. The molecule has 3 rings (SSSR count). The highest BCUT2D eigenvalue weighted by molar-refractivity contribution is 9.10. The third kappa shape index (κ3) is 1.02. The lowest BCUT2D eigenvalue weighted by atomic mass is 10.1. The summed E-state index contributed by atoms with van der Waals surface area (Å²) in [7, 11) is 2.21. The van der Waals surface area contributed by atoms with Crippen LogP contribution in [0.2, 0.25) is 0 Å². The fraction of sp³-hybridized carbons (Fsp3) is 0.455. The van der Waals surface area contributed by atoms with E-state index in [0.717, 1.165) is 11.0 Å². The fourth-order valence-corrected chi connectivity index (χ4v) is 2.75. The smallest absolute Gasteiger partial charge is 0.0723 e. The summed E-state index contributed by atoms with van der Waals surface area (Å²) in [5.41, 5.74) is 2.99. The molecule has 1 aromatic carbocycles. The summed E-state index contributed by atoms with van der Waals surface area (Å²) in [6.07, 6.45) is 2.64. The lowest BCUT2D eigenvalue weighted by Gasteiger charge is -2.37. The van der Waals surface area contributed by atoms with Gasteiger partial charge in [-0.15, -0.1) is 0 Å². The van der Waals surface area contributed by atoms with Gasteiger partial charge in [0.1, 0.15) is 0 Å². The SMILES string of the molecule is CN1c2cccc(Br)c2NCC12CC2. The number of likely N-dealkylation sites (N-methyl/N-ethyl adjacent to an activating group) is 1. The van der Waals surface area contributed by atoms with Crippen molar-refractivity contribution in [2.24, 2.45) is 0 Å². The number of fused-ring (bicyclic) bond motifs is 1. The number of para-hydroxylation sites is 1. The van der Waals surface area contributed by atoms with E-state index in [1.165, 1.54) is 24.2 Å². The molecule has 1 aromatic rings. The molecule has 1 aliphatic heterocycles. The number of nitrogens with zero attached hydrogens (tertiary/aromatic N) is 1. The number of anilines is 2. The van der Waals surface area contributed by atoms with Crippen molar-refractivity contribution in [3.63, 3.8) is 0 Å². The van der Waals surface area contributed by atoms with Gasteiger partial charge in [-0.1, -0.05) is 6.07 Å². The highest BCUT2D eigenvalue weighted by Gasteiger charge is 2.49. The van der Waals surface area contributed by atoms with Gasteiger partial charge in [-0.3, -0.25) is 0 Å². The molecular weight excluding hydrogens is 240 g/mol. The Hall–Kier alpha value is -0.700. The highest BCUT2D eigenvalue weighted by Crippen LogP contribution is 2.49. The predicted molar refractivity (Wildman–Crippen MR) is 63.0 cm³/mol. The first-order valence-corrected chi connectivity index (χ1v) is 5.78. The average Bonchev–Trinajstić information content (AvgIpc) is 2.94. The van der Waals surface area contributed by atoms with E-state index in [0.29, 0.717) is 5.54 Å². The van der Waals surface area contributed by atoms with E-state index in [2.05, 4.69) is 51.4 Å². The van der Waals surface area contributed by atoms with Crippen LogP contribution in [0.15, 0.2) is 22.7 Å². The van der Waals surface area contributed by atoms with Crippen LogP contribution in [-0.4, -0.2) is 19.1 Å². The Labute approximate surface area is 92.4 Å². The van der Waals surface area contributed by atoms with Gasteiger partial charge < -0.3 is 10.2 Å². The Morgan fingerprint density at radius 1 is 1.43 bits per heavy atom. The summed E-state index contributed by atoms with van der Waals surface area (Å²) in [4.78, 5) is 2.43. The summed E-state index contributed by atoms with van der Waals surface area (Å²) in [5.74, 6) is 0. The molecule has 2 aliphatic rings. The van der Waals surface area contributed by atoms with Gasteiger partial charge in [0.25, 0.3) is 0 Å². The second-order valence-corrected chi connectivity index (χ2v) is 5.13. The maximum Gasteiger partial charge on any atom is 0.0723 e. The topological polar surface area (TPSA) is 15.3 Å². The largest absolute Gasteiger partial charge is 0.380 e. The van der Waals surface area contributed by atoms with Crippen LogP contribution >= 0.6 is 15.9 Å². The number of hydrogen-bond acceptors (Lipinski definition) is 2. The molecule has 74 valence electrons. The van der Waals surface area contributed by atoms with Crippen LogP contribution in [0.4, 0.5) is 11.4 Å². The van der Waals surface area contributed by atoms with E-state index < -0.39 is 0 Å². The Bertz CT molecular complexity index is 385. The van der Waals surface area contributed by atoms with Gasteiger partial charge in [-0.25, -0.2) is 0 Å². The van der Waals surface area contributed by atoms with Crippen LogP contribution in [0.1, 0.15) is 12.8 Å². The van der Waals surface area contributed by atoms with Crippen molar-refractivity contribution >= 4 is 27.3 Å². The summed E-state index contributed by atoms with van der Waals surface area (Å²) < 4.78 is 1.16. The molecule has 0 amide bonds. The van der Waals surface area contributed by atoms with Gasteiger partial charge in [-0.05, 0) is 40.9 Å². The van der Waals surface area contributed by atoms with Crippen LogP contribution in [0, 0.1) is 0 Å². The first-order valence-electron chi connectivity index (χ1n) is 4.99. The van der Waals surface area contributed by atoms with Crippen LogP contribution in [0.3, 0.4) is 0 Å². The average molecular weight is 253 g/mol. The van der Waals surface area contributed by atoms with Crippen LogP contribution in [-0.2, 0) is 0 Å². The van der Waals surface area contributed by atoms with E-state index in [4.69, 9.17) is 0 Å². The standard InChI is InChI=1S/C11H13BrN2/c1-14-9-4-2-3-8(12)10(9)13-7-11(14)5-6-11/h2-4,13H,5-7H2,1H3. The molecule has 0 radical (unpaired) electrons. The molecule has 3 heteroatoms. The van der Waals surface area contributed by atoms with Crippen LogP contribution < -0.4 is 10.2 Å². The molecule has 0 unspecified atom stereocenters. The van der Waals surface area contributed by atoms with E-state index >= 15 is 0 Å². The summed E-state index contributed by atoms with van der Waals surface area (Å²) in [6.45, 7) is 1.08. The molecule has 0 bridgehead atoms. The minimum atomic E-state index is 0.424. The fourth-order valence-electron chi connectivity index (χ4n) is 2.25. The van der Waals surface area contributed by atoms with E-state index in [1.54, 1.807) is 0 Å². The zero-order valence-electron chi connectivity index (χ0n) is 8.18. The second kappa shape index (κ2) is 2.66. The van der Waals surface area contributed by atoms with Gasteiger partial charge in [0.15, 0.2) is 0 Å². The summed E-state index contributed by atoms with van der Waals surface area (Å²) >= 11 is 3.58. The third-order valence-corrected chi connectivity index (χ3v) is 4.15. The quantitative estimate of drug-likeness (QED) is 0.764. The van der Waals surface area contributed by atoms with E-state index in [-0.39, 0.29) is 0 Å². The Kier molecular flexibility index (Phi) is 1.63. The molecule has 0 saturated heterocycles. The first-order chi connectivity index (χ1) is 6.73. The zero-order chi connectivity index (χ0) is 9.76. The van der Waals surface area contributed by atoms with E-state index in [9.17, 15) is 0 Å². The molecule has 2 nitrogen and oxygen atoms in total. The third-order valence-electron chi connectivity index (χ3n) is 3.49. The molecule has 0 atom stereocenters. The van der Waals surface area contributed by atoms with Crippen LogP contribution in [0.5, 0.6) is 0 Å². The Morgan fingerprint density at radius 3 is 2.93 bits per heavy atom. The van der Waals surface area contributed by atoms with Crippen molar-refractivity contribution in [3.8, 4) is 0 Å². The van der Waals surface area contributed by atoms with Crippen molar-refractivity contribution in [2.45, 2.75) is 18.4 Å². The molecule has 1 N–H and O–H groups in total. The van der Waals surface area contributed by atoms with Crippen molar-refractivity contribution in [2.75, 3.05) is 23.8 Å². The number of nitrogens with one attached hydrogen (secondary N) is 1. The maximum absolute atomic E-state index is 3.58. The molecule has 1 heterocycles. The summed E-state index contributed by atoms with van der Waals surface area (Å²) in [5, 5.41) is 3.53. The lowest BCUT2D eigenvalue weighted by molar-refractivity contribution is 0.640. The van der Waals surface area contributed by atoms with Crippen molar-refractivity contribution in [1.82, 2.24) is 0 Å². The monoisotopic (exact) mass is 252 g/mol. The van der Waals surface area contributed by atoms with Gasteiger partial charge in [0, 0.05) is 18.1 Å². The number of rotatable bonds is 0. The Morgan fingerprint density at radius 2 is 2.21 bits per heavy atom. The second-order valence-electron chi connectivity index (χ2n) is 4.27. The number of benzene rings is 1. The molecule has 1 saturated carbocycles. The predicted octanol–water partition coefficient (Wildman–Crippen LogP) is 2.84. The highest BCUT2D eigenvalue weighted by atomic mass is 79.9. The summed E-state index contributed by atoms with van der Waals surface area (Å²) in [6, 6.07) is 6.37.